The summed E-state index contributed by atoms with van der Waals surface area (Å²) >= 11 is 0. The van der Waals surface area contributed by atoms with E-state index in [2.05, 4.69) is 5.32 Å². The highest BCUT2D eigenvalue weighted by molar-refractivity contribution is 7.82. The Hall–Kier alpha value is -2.26. The van der Waals surface area contributed by atoms with Crippen molar-refractivity contribution in [2.75, 3.05) is 37.3 Å². The van der Waals surface area contributed by atoms with Crippen molar-refractivity contribution in [3.8, 4) is 0 Å². The van der Waals surface area contributed by atoms with Crippen molar-refractivity contribution in [2.45, 2.75) is 17.4 Å². The molecule has 4 rings (SSSR count). The van der Waals surface area contributed by atoms with Crippen LogP contribution in [-0.4, -0.2) is 56.1 Å². The second-order valence-electron chi connectivity index (χ2n) is 6.70. The third-order valence-corrected chi connectivity index (χ3v) is 6.09. The number of pyridine rings is 1. The van der Waals surface area contributed by atoms with Crippen LogP contribution in [0.25, 0.3) is 21.8 Å². The van der Waals surface area contributed by atoms with Gasteiger partial charge in [-0.1, -0.05) is 0 Å². The van der Waals surface area contributed by atoms with Crippen molar-refractivity contribution < 1.29 is 14.4 Å². The van der Waals surface area contributed by atoms with Crippen LogP contribution < -0.4 is 11.1 Å². The molecule has 0 aliphatic carbocycles. The number of anilines is 2. The molecule has 1 aliphatic rings. The normalized spacial score (nSPS) is 16.5. The lowest BCUT2D eigenvalue weighted by Gasteiger charge is -2.34. The highest BCUT2D eigenvalue weighted by Gasteiger charge is 2.30. The monoisotopic (exact) mass is 386 g/mol. The molecular weight excluding hydrogens is 364 g/mol. The Bertz CT molecular complexity index is 1020. The zero-order valence-corrected chi connectivity index (χ0v) is 15.6. The minimum Gasteiger partial charge on any atom is -0.399 e. The summed E-state index contributed by atoms with van der Waals surface area (Å²) in [6.45, 7) is 1.53. The first kappa shape index (κ1) is 18.1. The lowest BCUT2D eigenvalue weighted by atomic mass is 10.1. The molecule has 0 radical (unpaired) electrons. The van der Waals surface area contributed by atoms with Gasteiger partial charge >= 0.3 is 0 Å². The minimum absolute atomic E-state index is 0.0998. The highest BCUT2D eigenvalue weighted by Crippen LogP contribution is 2.33. The molecule has 0 amide bonds. The number of aliphatic hydroxyl groups is 2. The van der Waals surface area contributed by atoms with Crippen LogP contribution in [-0.2, 0) is 11.0 Å². The summed E-state index contributed by atoms with van der Waals surface area (Å²) in [5.74, 6) is 0. The third kappa shape index (κ3) is 3.49. The van der Waals surface area contributed by atoms with E-state index in [1.54, 1.807) is 4.31 Å². The Morgan fingerprint density at radius 3 is 2.59 bits per heavy atom. The van der Waals surface area contributed by atoms with Gasteiger partial charge in [-0.2, -0.15) is 0 Å². The molecule has 7 nitrogen and oxygen atoms in total. The van der Waals surface area contributed by atoms with Crippen molar-refractivity contribution in [1.29, 1.82) is 0 Å². The van der Waals surface area contributed by atoms with Gasteiger partial charge in [0.15, 0.2) is 0 Å². The number of nitrogens with zero attached hydrogens (tertiary/aromatic N) is 2. The van der Waals surface area contributed by atoms with Crippen LogP contribution in [0.3, 0.4) is 0 Å². The van der Waals surface area contributed by atoms with Crippen molar-refractivity contribution in [2.24, 2.45) is 0 Å². The maximum Gasteiger partial charge on any atom is 0.127 e. The van der Waals surface area contributed by atoms with Crippen molar-refractivity contribution in [3.63, 3.8) is 0 Å². The Balaban J connectivity index is 1.83. The second-order valence-corrected chi connectivity index (χ2v) is 8.18. The molecule has 142 valence electrons. The Morgan fingerprint density at radius 2 is 1.89 bits per heavy atom. The summed E-state index contributed by atoms with van der Waals surface area (Å²) in [7, 11) is -1.32. The van der Waals surface area contributed by atoms with Gasteiger partial charge in [-0.3, -0.25) is 0 Å². The molecule has 2 heterocycles. The van der Waals surface area contributed by atoms with Gasteiger partial charge in [0.2, 0.25) is 0 Å². The first-order valence-corrected chi connectivity index (χ1v) is 10.00. The Morgan fingerprint density at radius 1 is 1.19 bits per heavy atom. The Kier molecular flexibility index (Phi) is 4.96. The van der Waals surface area contributed by atoms with E-state index < -0.39 is 17.1 Å². The van der Waals surface area contributed by atoms with Crippen LogP contribution in [0.4, 0.5) is 11.4 Å². The average Bonchev–Trinajstić information content (AvgIpc) is 2.64. The maximum absolute atomic E-state index is 12.7. The molecule has 0 saturated carbocycles. The quantitative estimate of drug-likeness (QED) is 0.290. The van der Waals surface area contributed by atoms with E-state index in [9.17, 15) is 9.32 Å². The van der Waals surface area contributed by atoms with Gasteiger partial charge in [-0.05, 0) is 42.8 Å². The summed E-state index contributed by atoms with van der Waals surface area (Å²) in [5.41, 5.74) is 9.11. The van der Waals surface area contributed by atoms with Crippen molar-refractivity contribution >= 4 is 44.2 Å². The number of β-amino-alcohol motifs (C(OH)–C–C–N with tert-alkyl or cyclic N) is 1. The number of fused-ring (bicyclic) bond motifs is 2. The molecule has 27 heavy (non-hydrogen) atoms. The van der Waals surface area contributed by atoms with E-state index in [0.29, 0.717) is 36.6 Å². The molecule has 2 aromatic carbocycles. The zero-order valence-electron chi connectivity index (χ0n) is 14.8. The fourth-order valence-corrected chi connectivity index (χ4v) is 4.55. The first-order chi connectivity index (χ1) is 13.1. The molecule has 3 aromatic rings. The van der Waals surface area contributed by atoms with Crippen LogP contribution in [0.1, 0.15) is 6.42 Å². The van der Waals surface area contributed by atoms with Crippen LogP contribution in [0, 0.1) is 0 Å². The number of rotatable bonds is 6. The summed E-state index contributed by atoms with van der Waals surface area (Å²) in [6.07, 6.45) is 0.212. The van der Waals surface area contributed by atoms with Gasteiger partial charge in [0.05, 0.1) is 27.7 Å². The summed E-state index contributed by atoms with van der Waals surface area (Å²) in [4.78, 5) is 5.37. The lowest BCUT2D eigenvalue weighted by Crippen LogP contribution is -2.51. The second kappa shape index (κ2) is 7.40. The van der Waals surface area contributed by atoms with Crippen LogP contribution in [0.2, 0.25) is 0 Å². The molecule has 1 atom stereocenters. The molecule has 1 aliphatic heterocycles. The van der Waals surface area contributed by atoms with Gasteiger partial charge in [-0.15, -0.1) is 0 Å². The number of hydrogen-bond acceptors (Lipinski definition) is 6. The number of nitrogens with one attached hydrogen (secondary N) is 1. The van der Waals surface area contributed by atoms with Crippen LogP contribution >= 0.6 is 0 Å². The standard InChI is InChI=1S/C19H22N4O3S/c20-12-2-4-17-15(8-12)19(21-6-1-7-24)16-9-14(3-5-18(16)22-17)27(26)23-10-13(25)11-23/h2-5,8-9,13,24-25H,1,6-7,10-11,20H2,(H,21,22). The number of benzene rings is 2. The Labute approximate surface area is 159 Å². The van der Waals surface area contributed by atoms with Crippen molar-refractivity contribution in [1.82, 2.24) is 9.29 Å². The number of nitrogen functional groups attached to an aromatic ring is 1. The van der Waals surface area contributed by atoms with Crippen molar-refractivity contribution in [3.05, 3.63) is 36.4 Å². The molecule has 5 N–H and O–H groups in total. The smallest absolute Gasteiger partial charge is 0.127 e. The van der Waals surface area contributed by atoms with Gasteiger partial charge < -0.3 is 21.3 Å². The summed E-state index contributed by atoms with van der Waals surface area (Å²) < 4.78 is 14.5. The first-order valence-electron chi connectivity index (χ1n) is 8.89. The summed E-state index contributed by atoms with van der Waals surface area (Å²) in [6, 6.07) is 11.1. The van der Waals surface area contributed by atoms with Gasteiger partial charge in [0.1, 0.15) is 11.0 Å². The molecule has 1 unspecified atom stereocenters. The number of nitrogens with two attached hydrogens (primary N) is 1. The number of aromatic nitrogens is 1. The fraction of sp³-hybridized carbons (Fsp3) is 0.316. The predicted molar refractivity (Wildman–Crippen MR) is 108 cm³/mol. The van der Waals surface area contributed by atoms with E-state index in [1.807, 2.05) is 36.4 Å². The maximum atomic E-state index is 12.7. The molecule has 1 saturated heterocycles. The van der Waals surface area contributed by atoms with Gasteiger partial charge in [0, 0.05) is 42.7 Å². The average molecular weight is 386 g/mol. The van der Waals surface area contributed by atoms with E-state index in [1.165, 1.54) is 0 Å². The number of aliphatic hydroxyl groups excluding tert-OH is 2. The molecule has 1 fully saturated rings. The molecule has 0 bridgehead atoms. The van der Waals surface area contributed by atoms with Crippen LogP contribution in [0.15, 0.2) is 41.3 Å². The van der Waals surface area contributed by atoms with Gasteiger partial charge in [0.25, 0.3) is 0 Å². The lowest BCUT2D eigenvalue weighted by molar-refractivity contribution is 0.0582. The molecule has 0 spiro atoms. The van der Waals surface area contributed by atoms with Crippen LogP contribution in [0.5, 0.6) is 0 Å². The minimum atomic E-state index is -1.32. The molecule has 1 aromatic heterocycles. The fourth-order valence-electron chi connectivity index (χ4n) is 3.23. The zero-order chi connectivity index (χ0) is 19.0. The topological polar surface area (TPSA) is 112 Å². The third-order valence-electron chi connectivity index (χ3n) is 4.67. The molecule has 8 heteroatoms. The predicted octanol–water partition coefficient (Wildman–Crippen LogP) is 1.46. The SMILES string of the molecule is Nc1ccc2nc3ccc(S(=O)N4CC(O)C4)cc3c(NCCCO)c2c1. The van der Waals surface area contributed by atoms with E-state index in [0.717, 1.165) is 27.5 Å². The largest absolute Gasteiger partial charge is 0.399 e. The summed E-state index contributed by atoms with van der Waals surface area (Å²) in [5, 5.41) is 23.7. The van der Waals surface area contributed by atoms with E-state index in [-0.39, 0.29) is 6.61 Å². The highest BCUT2D eigenvalue weighted by atomic mass is 32.2. The molecular formula is C19H22N4O3S. The van der Waals surface area contributed by atoms with E-state index >= 15 is 0 Å². The number of hydrogen-bond donors (Lipinski definition) is 4. The van der Waals surface area contributed by atoms with E-state index in [4.69, 9.17) is 15.8 Å². The van der Waals surface area contributed by atoms with Gasteiger partial charge in [-0.25, -0.2) is 13.5 Å².